The molecule has 2 rings (SSSR count). The summed E-state index contributed by atoms with van der Waals surface area (Å²) in [5.74, 6) is -0.896. The van der Waals surface area contributed by atoms with Crippen molar-refractivity contribution in [2.24, 2.45) is 0 Å². The van der Waals surface area contributed by atoms with Crippen LogP contribution in [0.15, 0.2) is 53.4 Å². The third-order valence-corrected chi connectivity index (χ3v) is 5.21. The molecule has 0 atom stereocenters. The minimum atomic E-state index is -3.72. The van der Waals surface area contributed by atoms with Crippen LogP contribution in [0.4, 0.5) is 10.1 Å². The van der Waals surface area contributed by atoms with Crippen molar-refractivity contribution in [1.29, 1.82) is 0 Å². The highest BCUT2D eigenvalue weighted by Gasteiger charge is 2.22. The van der Waals surface area contributed by atoms with E-state index in [9.17, 15) is 17.6 Å². The highest BCUT2D eigenvalue weighted by atomic mass is 32.2. The second kappa shape index (κ2) is 8.53. The summed E-state index contributed by atoms with van der Waals surface area (Å²) in [5.41, 5.74) is 0.181. The normalized spacial score (nSPS) is 12.2. The lowest BCUT2D eigenvalue weighted by molar-refractivity contribution is -0.111. The van der Waals surface area contributed by atoms with Gasteiger partial charge in [0.1, 0.15) is 0 Å². The van der Waals surface area contributed by atoms with Crippen molar-refractivity contribution in [1.82, 2.24) is 4.72 Å². The summed E-state index contributed by atoms with van der Waals surface area (Å²) in [5, 5.41) is 2.59. The molecule has 150 valence electrons. The van der Waals surface area contributed by atoms with Crippen molar-refractivity contribution in [3.8, 4) is 5.75 Å². The summed E-state index contributed by atoms with van der Waals surface area (Å²) in [6.45, 7) is 5.22. The Morgan fingerprint density at radius 1 is 1.14 bits per heavy atom. The van der Waals surface area contributed by atoms with Gasteiger partial charge in [-0.05, 0) is 62.7 Å². The van der Waals surface area contributed by atoms with Crippen molar-refractivity contribution < 1.29 is 22.3 Å². The summed E-state index contributed by atoms with van der Waals surface area (Å²) in [4.78, 5) is 12.1. The maximum absolute atomic E-state index is 13.7. The zero-order chi connectivity index (χ0) is 20.9. The maximum atomic E-state index is 13.7. The monoisotopic (exact) mass is 406 g/mol. The predicted octanol–water partition coefficient (Wildman–Crippen LogP) is 3.56. The summed E-state index contributed by atoms with van der Waals surface area (Å²) < 4.78 is 45.9. The number of hydrogen-bond donors (Lipinski definition) is 2. The molecule has 0 spiro atoms. The van der Waals surface area contributed by atoms with Gasteiger partial charge >= 0.3 is 0 Å². The smallest absolute Gasteiger partial charge is 0.248 e. The highest BCUT2D eigenvalue weighted by Crippen LogP contribution is 2.19. The number of carbonyl (C=O) groups excluding carboxylic acids is 1. The first-order chi connectivity index (χ1) is 13.0. The largest absolute Gasteiger partial charge is 0.494 e. The molecule has 0 saturated carbocycles. The second-order valence-electron chi connectivity index (χ2n) is 7.10. The van der Waals surface area contributed by atoms with Crippen LogP contribution >= 0.6 is 0 Å². The number of sulfonamides is 1. The van der Waals surface area contributed by atoms with Crippen LogP contribution in [0.3, 0.4) is 0 Å². The molecule has 0 aliphatic heterocycles. The molecule has 6 nitrogen and oxygen atoms in total. The van der Waals surface area contributed by atoms with Crippen LogP contribution in [0, 0.1) is 5.82 Å². The first kappa shape index (κ1) is 21.6. The van der Waals surface area contributed by atoms with Gasteiger partial charge in [0.25, 0.3) is 0 Å². The Kier molecular flexibility index (Phi) is 6.58. The molecule has 0 fully saturated rings. The number of ether oxygens (including phenoxy) is 1. The first-order valence-corrected chi connectivity index (χ1v) is 9.95. The fourth-order valence-corrected chi connectivity index (χ4v) is 3.81. The zero-order valence-electron chi connectivity index (χ0n) is 16.1. The van der Waals surface area contributed by atoms with Gasteiger partial charge < -0.3 is 10.1 Å². The Bertz CT molecular complexity index is 996. The molecule has 0 heterocycles. The van der Waals surface area contributed by atoms with Crippen molar-refractivity contribution in [2.45, 2.75) is 31.2 Å². The summed E-state index contributed by atoms with van der Waals surface area (Å²) in [6, 6.07) is 10.2. The van der Waals surface area contributed by atoms with Crippen molar-refractivity contribution in [3.63, 3.8) is 0 Å². The summed E-state index contributed by atoms with van der Waals surface area (Å²) >= 11 is 0. The molecule has 0 radical (unpaired) electrons. The molecule has 28 heavy (non-hydrogen) atoms. The van der Waals surface area contributed by atoms with Crippen molar-refractivity contribution in [3.05, 3.63) is 59.9 Å². The number of amides is 1. The van der Waals surface area contributed by atoms with Crippen LogP contribution in [0.2, 0.25) is 0 Å². The summed E-state index contributed by atoms with van der Waals surface area (Å²) in [6.07, 6.45) is 2.68. The van der Waals surface area contributed by atoms with Gasteiger partial charge in [-0.2, -0.15) is 0 Å². The molecule has 8 heteroatoms. The molecule has 0 bridgehead atoms. The Balaban J connectivity index is 2.11. The molecule has 2 aromatic rings. The van der Waals surface area contributed by atoms with E-state index in [1.807, 2.05) is 0 Å². The van der Waals surface area contributed by atoms with Crippen LogP contribution in [-0.2, 0) is 14.8 Å². The number of nitrogens with one attached hydrogen (secondary N) is 2. The number of benzene rings is 2. The van der Waals surface area contributed by atoms with Crippen LogP contribution in [0.1, 0.15) is 26.3 Å². The molecule has 0 aliphatic rings. The molecule has 0 saturated heterocycles. The number of rotatable bonds is 6. The third-order valence-electron chi connectivity index (χ3n) is 3.46. The van der Waals surface area contributed by atoms with Crippen molar-refractivity contribution >= 4 is 27.7 Å². The van der Waals surface area contributed by atoms with Gasteiger partial charge in [-0.1, -0.05) is 12.1 Å². The SMILES string of the molecule is COc1ccc(/C=C/C(=O)Nc2cccc(S(=O)(=O)NC(C)(C)C)c2)cc1F. The molecule has 2 N–H and O–H groups in total. The minimum absolute atomic E-state index is 0.0430. The van der Waals surface area contributed by atoms with Gasteiger partial charge in [-0.25, -0.2) is 17.5 Å². The highest BCUT2D eigenvalue weighted by molar-refractivity contribution is 7.89. The van der Waals surface area contributed by atoms with Crippen LogP contribution in [0.25, 0.3) is 6.08 Å². The van der Waals surface area contributed by atoms with Crippen molar-refractivity contribution in [2.75, 3.05) is 12.4 Å². The lowest BCUT2D eigenvalue weighted by atomic mass is 10.1. The molecule has 0 aromatic heterocycles. The third kappa shape index (κ3) is 6.17. The number of hydrogen-bond acceptors (Lipinski definition) is 4. The van der Waals surface area contributed by atoms with Gasteiger partial charge in [0.05, 0.1) is 12.0 Å². The van der Waals surface area contributed by atoms with E-state index in [1.165, 1.54) is 49.6 Å². The predicted molar refractivity (Wildman–Crippen MR) is 107 cm³/mol. The Hall–Kier alpha value is -2.71. The number of methoxy groups -OCH3 is 1. The van der Waals surface area contributed by atoms with E-state index < -0.39 is 27.3 Å². The van der Waals surface area contributed by atoms with E-state index in [0.29, 0.717) is 11.3 Å². The Morgan fingerprint density at radius 3 is 2.46 bits per heavy atom. The number of anilines is 1. The van der Waals surface area contributed by atoms with Gasteiger partial charge in [0, 0.05) is 17.3 Å². The standard InChI is InChI=1S/C20H23FN2O4S/c1-20(2,3)23-28(25,26)16-7-5-6-15(13-16)22-19(24)11-9-14-8-10-18(27-4)17(21)12-14/h5-13,23H,1-4H3,(H,22,24)/b11-9+. The van der Waals surface area contributed by atoms with Crippen LogP contribution < -0.4 is 14.8 Å². The lowest BCUT2D eigenvalue weighted by Crippen LogP contribution is -2.40. The van der Waals surface area contributed by atoms with E-state index in [2.05, 4.69) is 10.0 Å². The van der Waals surface area contributed by atoms with Gasteiger partial charge in [-0.3, -0.25) is 4.79 Å². The summed E-state index contributed by atoms with van der Waals surface area (Å²) in [7, 11) is -2.35. The lowest BCUT2D eigenvalue weighted by Gasteiger charge is -2.20. The molecule has 0 unspecified atom stereocenters. The van der Waals surface area contributed by atoms with Gasteiger partial charge in [-0.15, -0.1) is 0 Å². The van der Waals surface area contributed by atoms with E-state index in [0.717, 1.165) is 0 Å². The fourth-order valence-electron chi connectivity index (χ4n) is 2.35. The average molecular weight is 406 g/mol. The van der Waals surface area contributed by atoms with E-state index in [-0.39, 0.29) is 10.6 Å². The van der Waals surface area contributed by atoms with Gasteiger partial charge in [0.2, 0.25) is 15.9 Å². The van der Waals surface area contributed by atoms with Crippen LogP contribution in [0.5, 0.6) is 5.75 Å². The quantitative estimate of drug-likeness (QED) is 0.719. The molecular formula is C20H23FN2O4S. The molecule has 0 aliphatic carbocycles. The topological polar surface area (TPSA) is 84.5 Å². The minimum Gasteiger partial charge on any atom is -0.494 e. The molecular weight excluding hydrogens is 383 g/mol. The zero-order valence-corrected chi connectivity index (χ0v) is 16.9. The number of carbonyl (C=O) groups is 1. The van der Waals surface area contributed by atoms with E-state index in [1.54, 1.807) is 32.9 Å². The molecule has 1 amide bonds. The first-order valence-electron chi connectivity index (χ1n) is 8.47. The Labute approximate surface area is 164 Å². The van der Waals surface area contributed by atoms with Crippen LogP contribution in [-0.4, -0.2) is 27.0 Å². The average Bonchev–Trinajstić information content (AvgIpc) is 2.58. The van der Waals surface area contributed by atoms with Gasteiger partial charge in [0.15, 0.2) is 11.6 Å². The fraction of sp³-hybridized carbons (Fsp3) is 0.250. The Morgan fingerprint density at radius 2 is 1.86 bits per heavy atom. The molecule has 2 aromatic carbocycles. The van der Waals surface area contributed by atoms with E-state index in [4.69, 9.17) is 4.74 Å². The number of halogens is 1. The second-order valence-corrected chi connectivity index (χ2v) is 8.78. The van der Waals surface area contributed by atoms with E-state index >= 15 is 0 Å². The maximum Gasteiger partial charge on any atom is 0.248 e.